The van der Waals surface area contributed by atoms with E-state index in [0.717, 1.165) is 12.8 Å². The van der Waals surface area contributed by atoms with E-state index < -0.39 is 17.3 Å². The molecule has 2 aliphatic rings. The second kappa shape index (κ2) is 15.8. The van der Waals surface area contributed by atoms with Crippen LogP contribution in [0.2, 0.25) is 0 Å². The van der Waals surface area contributed by atoms with Gasteiger partial charge in [0.1, 0.15) is 0 Å². The smallest absolute Gasteiger partial charge is 0.193 e. The van der Waals surface area contributed by atoms with Crippen molar-refractivity contribution in [2.75, 3.05) is 0 Å². The number of carbonyl (C=O) groups excluding carboxylic acids is 6. The fraction of sp³-hybridized carbons (Fsp3) is 0.0833. The van der Waals surface area contributed by atoms with E-state index in [1.165, 1.54) is 30.3 Å². The standard InChI is InChI=1S/C48H34O6/c49-43(31-13-4-1-5-14-31)34-19-10-22-37(25-34)46(52)40-28-41(47(53)38-23-11-20-35(26-38)44(50)32-15-6-2-7-16-32)30-42(29-40)48(54)39-24-12-21-36(27-39)45(51)33-17-8-3-9-18-33/h1-2,4-8,10,12-19,21-30H,3,9,11,20H2. The molecule has 2 aliphatic carbocycles. The first-order valence-electron chi connectivity index (χ1n) is 17.8. The summed E-state index contributed by atoms with van der Waals surface area (Å²) in [6, 6.07) is 34.6. The first-order chi connectivity index (χ1) is 26.3. The average Bonchev–Trinajstić information content (AvgIpc) is 3.25. The van der Waals surface area contributed by atoms with Crippen molar-refractivity contribution in [3.8, 4) is 0 Å². The number of allylic oxidation sites excluding steroid dienone is 8. The number of carbonyl (C=O) groups is 6. The largest absolute Gasteiger partial charge is 0.289 e. The minimum Gasteiger partial charge on any atom is -0.289 e. The highest BCUT2D eigenvalue weighted by Gasteiger charge is 2.24. The van der Waals surface area contributed by atoms with Gasteiger partial charge < -0.3 is 0 Å². The van der Waals surface area contributed by atoms with E-state index >= 15 is 0 Å². The predicted octanol–water partition coefficient (Wildman–Crippen LogP) is 9.55. The minimum absolute atomic E-state index is 0.0687. The molecule has 0 unspecified atom stereocenters. The summed E-state index contributed by atoms with van der Waals surface area (Å²) in [6.45, 7) is 0. The van der Waals surface area contributed by atoms with Crippen LogP contribution in [0.1, 0.15) is 105 Å². The van der Waals surface area contributed by atoms with Gasteiger partial charge in [-0.05, 0) is 62.1 Å². The summed E-state index contributed by atoms with van der Waals surface area (Å²) in [7, 11) is 0. The van der Waals surface area contributed by atoms with Gasteiger partial charge in [-0.25, -0.2) is 0 Å². The topological polar surface area (TPSA) is 102 Å². The van der Waals surface area contributed by atoms with Crippen molar-refractivity contribution in [2.45, 2.75) is 25.7 Å². The second-order valence-corrected chi connectivity index (χ2v) is 13.2. The van der Waals surface area contributed by atoms with Crippen LogP contribution in [0.25, 0.3) is 0 Å². The van der Waals surface area contributed by atoms with Crippen LogP contribution in [0.3, 0.4) is 0 Å². The molecule has 0 aliphatic heterocycles. The molecule has 5 aromatic carbocycles. The zero-order chi connectivity index (χ0) is 37.6. The van der Waals surface area contributed by atoms with Crippen molar-refractivity contribution in [1.29, 1.82) is 0 Å². The fourth-order valence-electron chi connectivity index (χ4n) is 6.64. The van der Waals surface area contributed by atoms with Crippen molar-refractivity contribution in [3.05, 3.63) is 225 Å². The normalized spacial score (nSPS) is 13.6. The minimum atomic E-state index is -0.491. The van der Waals surface area contributed by atoms with E-state index in [2.05, 4.69) is 0 Å². The van der Waals surface area contributed by atoms with Crippen LogP contribution >= 0.6 is 0 Å². The Kier molecular flexibility index (Phi) is 10.4. The SMILES string of the molecule is O=C(C1=CCCC=C1)c1cccc(C(=O)c2cc(C(=O)C3=CCCC(C(=O)c4ccccc4)=C3)cc(C(=O)c3cccc(C(=O)c4ccccc4)c3)c2)c1. The van der Waals surface area contributed by atoms with Crippen molar-refractivity contribution in [2.24, 2.45) is 0 Å². The van der Waals surface area contributed by atoms with Gasteiger partial charge in [0.15, 0.2) is 34.7 Å². The van der Waals surface area contributed by atoms with Crippen molar-refractivity contribution in [1.82, 2.24) is 0 Å². The number of benzene rings is 5. The van der Waals surface area contributed by atoms with Gasteiger partial charge in [-0.15, -0.1) is 0 Å². The summed E-state index contributed by atoms with van der Waals surface area (Å²) in [4.78, 5) is 82.4. The number of hydrogen-bond donors (Lipinski definition) is 0. The number of ketones is 6. The molecule has 0 saturated heterocycles. The summed E-state index contributed by atoms with van der Waals surface area (Å²) < 4.78 is 0. The molecule has 0 saturated carbocycles. The fourth-order valence-corrected chi connectivity index (χ4v) is 6.64. The molecule has 0 spiro atoms. The van der Waals surface area contributed by atoms with E-state index in [4.69, 9.17) is 0 Å². The molecule has 0 bridgehead atoms. The zero-order valence-corrected chi connectivity index (χ0v) is 29.3. The van der Waals surface area contributed by atoms with E-state index in [0.29, 0.717) is 46.2 Å². The maximum Gasteiger partial charge on any atom is 0.193 e. The third-order valence-corrected chi connectivity index (χ3v) is 9.48. The van der Waals surface area contributed by atoms with Gasteiger partial charge in [-0.3, -0.25) is 28.8 Å². The highest BCUT2D eigenvalue weighted by molar-refractivity contribution is 6.20. The van der Waals surface area contributed by atoms with Gasteiger partial charge in [0, 0.05) is 66.8 Å². The molecule has 262 valence electrons. The van der Waals surface area contributed by atoms with Gasteiger partial charge >= 0.3 is 0 Å². The third kappa shape index (κ3) is 7.64. The highest BCUT2D eigenvalue weighted by Crippen LogP contribution is 2.27. The van der Waals surface area contributed by atoms with E-state index in [-0.39, 0.29) is 50.7 Å². The molecule has 0 fully saturated rings. The molecule has 0 amide bonds. The number of hydrogen-bond acceptors (Lipinski definition) is 6. The lowest BCUT2D eigenvalue weighted by atomic mass is 9.87. The third-order valence-electron chi connectivity index (χ3n) is 9.48. The Bertz CT molecular complexity index is 2480. The van der Waals surface area contributed by atoms with Gasteiger partial charge in [0.05, 0.1) is 0 Å². The average molecular weight is 707 g/mol. The molecule has 0 heterocycles. The molecule has 6 nitrogen and oxygen atoms in total. The Labute approximate surface area is 312 Å². The van der Waals surface area contributed by atoms with E-state index in [9.17, 15) is 28.8 Å². The second-order valence-electron chi connectivity index (χ2n) is 13.2. The van der Waals surface area contributed by atoms with Crippen LogP contribution < -0.4 is 0 Å². The quantitative estimate of drug-likeness (QED) is 0.120. The van der Waals surface area contributed by atoms with Gasteiger partial charge in [-0.2, -0.15) is 0 Å². The molecule has 0 N–H and O–H groups in total. The summed E-state index contributed by atoms with van der Waals surface area (Å²) in [5, 5.41) is 0. The lowest BCUT2D eigenvalue weighted by Gasteiger charge is -2.14. The summed E-state index contributed by atoms with van der Waals surface area (Å²) in [5.41, 5.74) is 3.60. The Hall–Kier alpha value is -6.92. The van der Waals surface area contributed by atoms with Crippen molar-refractivity contribution < 1.29 is 28.8 Å². The number of Topliss-reactive ketones (excluding diaryl/α,β-unsaturated/α-hetero) is 3. The monoisotopic (exact) mass is 706 g/mol. The Morgan fingerprint density at radius 1 is 0.352 bits per heavy atom. The van der Waals surface area contributed by atoms with Crippen LogP contribution in [-0.4, -0.2) is 34.7 Å². The van der Waals surface area contributed by atoms with Crippen molar-refractivity contribution >= 4 is 34.7 Å². The Balaban J connectivity index is 1.27. The molecule has 0 radical (unpaired) electrons. The Morgan fingerprint density at radius 3 is 1.28 bits per heavy atom. The molecule has 5 aromatic rings. The lowest BCUT2D eigenvalue weighted by molar-refractivity contribution is 0.102. The predicted molar refractivity (Wildman–Crippen MR) is 207 cm³/mol. The Morgan fingerprint density at radius 2 is 0.759 bits per heavy atom. The molecule has 54 heavy (non-hydrogen) atoms. The van der Waals surface area contributed by atoms with Crippen LogP contribution in [0.5, 0.6) is 0 Å². The molecular formula is C48H34O6. The van der Waals surface area contributed by atoms with Crippen LogP contribution in [0.4, 0.5) is 0 Å². The maximum atomic E-state index is 14.2. The highest BCUT2D eigenvalue weighted by atomic mass is 16.1. The van der Waals surface area contributed by atoms with Gasteiger partial charge in [0.25, 0.3) is 0 Å². The zero-order valence-electron chi connectivity index (χ0n) is 29.3. The van der Waals surface area contributed by atoms with E-state index in [1.54, 1.807) is 103 Å². The maximum absolute atomic E-state index is 14.2. The molecule has 0 aromatic heterocycles. The van der Waals surface area contributed by atoms with Crippen LogP contribution in [0.15, 0.2) is 174 Å². The molecule has 0 atom stereocenters. The summed E-state index contributed by atoms with van der Waals surface area (Å²) >= 11 is 0. The van der Waals surface area contributed by atoms with Crippen LogP contribution in [-0.2, 0) is 0 Å². The van der Waals surface area contributed by atoms with E-state index in [1.807, 2.05) is 24.3 Å². The molecular weight excluding hydrogens is 673 g/mol. The summed E-state index contributed by atoms with van der Waals surface area (Å²) in [5.74, 6) is -2.06. The molecule has 7 rings (SSSR count). The summed E-state index contributed by atoms with van der Waals surface area (Å²) in [6.07, 6.45) is 11.5. The van der Waals surface area contributed by atoms with Gasteiger partial charge in [-0.1, -0.05) is 121 Å². The van der Waals surface area contributed by atoms with Crippen molar-refractivity contribution in [3.63, 3.8) is 0 Å². The van der Waals surface area contributed by atoms with Gasteiger partial charge in [0.2, 0.25) is 0 Å². The molecule has 6 heteroatoms. The number of rotatable bonds is 12. The first kappa shape index (κ1) is 35.5. The lowest BCUT2D eigenvalue weighted by Crippen LogP contribution is -2.14. The van der Waals surface area contributed by atoms with Crippen LogP contribution in [0, 0.1) is 0 Å². The first-order valence-corrected chi connectivity index (χ1v) is 17.8.